The van der Waals surface area contributed by atoms with Crippen molar-refractivity contribution >= 4 is 11.9 Å². The third-order valence-corrected chi connectivity index (χ3v) is 4.33. The Morgan fingerprint density at radius 1 is 1.23 bits per heavy atom. The van der Waals surface area contributed by atoms with Gasteiger partial charge in [-0.05, 0) is 12.0 Å². The van der Waals surface area contributed by atoms with Crippen LogP contribution in [0.3, 0.4) is 0 Å². The number of ether oxygens (including phenoxy) is 1. The van der Waals surface area contributed by atoms with Crippen LogP contribution in [0.1, 0.15) is 18.2 Å². The normalized spacial score (nSPS) is 14.3. The molecule has 0 bridgehead atoms. The van der Waals surface area contributed by atoms with Gasteiger partial charge in [0.15, 0.2) is 0 Å². The lowest BCUT2D eigenvalue weighted by Gasteiger charge is -2.29. The summed E-state index contributed by atoms with van der Waals surface area (Å²) in [5.41, 5.74) is 1.55. The van der Waals surface area contributed by atoms with Crippen LogP contribution in [-0.4, -0.2) is 41.8 Å². The Morgan fingerprint density at radius 3 is 2.65 bits per heavy atom. The molecule has 1 amide bonds. The summed E-state index contributed by atoms with van der Waals surface area (Å²) in [6, 6.07) is 11.2. The van der Waals surface area contributed by atoms with Gasteiger partial charge in [-0.2, -0.15) is 0 Å². The van der Waals surface area contributed by atoms with Crippen LogP contribution in [0.15, 0.2) is 41.2 Å². The first kappa shape index (κ1) is 18.1. The van der Waals surface area contributed by atoms with Crippen molar-refractivity contribution in [1.29, 1.82) is 0 Å². The predicted molar refractivity (Wildman–Crippen MR) is 99.2 cm³/mol. The Labute approximate surface area is 152 Å². The molecule has 0 saturated carbocycles. The molecule has 2 aromatic rings. The SMILES string of the molecule is CCc1cc(=O)n(CC(=O)NCc2ccccc2)c(N2CCOCC2)n1. The molecule has 1 aromatic carbocycles. The number of aryl methyl sites for hydroxylation is 1. The van der Waals surface area contributed by atoms with Crippen LogP contribution in [0.25, 0.3) is 0 Å². The maximum atomic E-state index is 12.6. The molecule has 7 nitrogen and oxygen atoms in total. The maximum absolute atomic E-state index is 12.6. The van der Waals surface area contributed by atoms with Gasteiger partial charge in [-0.25, -0.2) is 4.98 Å². The molecule has 0 spiro atoms. The minimum Gasteiger partial charge on any atom is -0.378 e. The molecule has 0 unspecified atom stereocenters. The van der Waals surface area contributed by atoms with E-state index in [1.807, 2.05) is 42.2 Å². The monoisotopic (exact) mass is 356 g/mol. The third kappa shape index (κ3) is 4.49. The van der Waals surface area contributed by atoms with E-state index in [1.165, 1.54) is 10.6 Å². The molecule has 2 heterocycles. The van der Waals surface area contributed by atoms with Crippen LogP contribution >= 0.6 is 0 Å². The molecule has 1 fully saturated rings. The van der Waals surface area contributed by atoms with Crippen molar-refractivity contribution in [2.45, 2.75) is 26.4 Å². The number of carbonyl (C=O) groups excluding carboxylic acids is 1. The van der Waals surface area contributed by atoms with Crippen molar-refractivity contribution in [2.24, 2.45) is 0 Å². The summed E-state index contributed by atoms with van der Waals surface area (Å²) in [5, 5.41) is 2.86. The first-order chi connectivity index (χ1) is 12.7. The van der Waals surface area contributed by atoms with E-state index < -0.39 is 0 Å². The van der Waals surface area contributed by atoms with Gasteiger partial charge in [0, 0.05) is 31.4 Å². The minimum absolute atomic E-state index is 0.0463. The molecule has 0 radical (unpaired) electrons. The number of hydrogen-bond donors (Lipinski definition) is 1. The zero-order valence-electron chi connectivity index (χ0n) is 15.0. The molecular weight excluding hydrogens is 332 g/mol. The highest BCUT2D eigenvalue weighted by atomic mass is 16.5. The summed E-state index contributed by atoms with van der Waals surface area (Å²) in [6.45, 7) is 4.84. The maximum Gasteiger partial charge on any atom is 0.255 e. The fourth-order valence-electron chi connectivity index (χ4n) is 2.87. The highest BCUT2D eigenvalue weighted by Crippen LogP contribution is 2.12. The summed E-state index contributed by atoms with van der Waals surface area (Å²) >= 11 is 0. The molecular formula is C19H24N4O3. The van der Waals surface area contributed by atoms with E-state index in [0.717, 1.165) is 11.3 Å². The van der Waals surface area contributed by atoms with Crippen molar-refractivity contribution in [1.82, 2.24) is 14.9 Å². The van der Waals surface area contributed by atoms with Gasteiger partial charge in [-0.1, -0.05) is 37.3 Å². The zero-order valence-corrected chi connectivity index (χ0v) is 15.0. The summed E-state index contributed by atoms with van der Waals surface area (Å²) in [7, 11) is 0. The fraction of sp³-hybridized carbons (Fsp3) is 0.421. The van der Waals surface area contributed by atoms with Gasteiger partial charge in [-0.3, -0.25) is 14.2 Å². The van der Waals surface area contributed by atoms with Crippen molar-refractivity contribution < 1.29 is 9.53 Å². The van der Waals surface area contributed by atoms with Crippen molar-refractivity contribution in [3.63, 3.8) is 0 Å². The topological polar surface area (TPSA) is 76.5 Å². The first-order valence-electron chi connectivity index (χ1n) is 8.91. The Hall–Kier alpha value is -2.67. The number of morpholine rings is 1. The van der Waals surface area contributed by atoms with Crippen molar-refractivity contribution in [3.8, 4) is 0 Å². The molecule has 1 N–H and O–H groups in total. The van der Waals surface area contributed by atoms with Crippen molar-refractivity contribution in [2.75, 3.05) is 31.2 Å². The lowest BCUT2D eigenvalue weighted by molar-refractivity contribution is -0.121. The Morgan fingerprint density at radius 2 is 1.96 bits per heavy atom. The van der Waals surface area contributed by atoms with Crippen LogP contribution < -0.4 is 15.8 Å². The minimum atomic E-state index is -0.212. The quantitative estimate of drug-likeness (QED) is 0.834. The van der Waals surface area contributed by atoms with Gasteiger partial charge in [0.05, 0.1) is 13.2 Å². The fourth-order valence-corrected chi connectivity index (χ4v) is 2.87. The molecule has 138 valence electrons. The Balaban J connectivity index is 1.77. The number of nitrogens with one attached hydrogen (secondary N) is 1. The van der Waals surface area contributed by atoms with Crippen molar-refractivity contribution in [3.05, 3.63) is 58.0 Å². The largest absolute Gasteiger partial charge is 0.378 e. The highest BCUT2D eigenvalue weighted by Gasteiger charge is 2.19. The van der Waals surface area contributed by atoms with E-state index in [1.54, 1.807) is 0 Å². The molecule has 1 aromatic heterocycles. The summed E-state index contributed by atoms with van der Waals surface area (Å²) in [5.74, 6) is 0.337. The van der Waals surface area contributed by atoms with E-state index in [2.05, 4.69) is 10.3 Å². The second kappa shape index (κ2) is 8.62. The van der Waals surface area contributed by atoms with E-state index in [4.69, 9.17) is 4.74 Å². The van der Waals surface area contributed by atoms with E-state index in [9.17, 15) is 9.59 Å². The molecule has 0 aliphatic carbocycles. The molecule has 1 saturated heterocycles. The number of nitrogens with zero attached hydrogens (tertiary/aromatic N) is 3. The summed E-state index contributed by atoms with van der Waals surface area (Å²) < 4.78 is 6.83. The number of anilines is 1. The van der Waals surface area contributed by atoms with Gasteiger partial charge in [0.1, 0.15) is 6.54 Å². The standard InChI is InChI=1S/C19H24N4O3/c1-2-16-12-18(25)23(19(21-16)22-8-10-26-11-9-22)14-17(24)20-13-15-6-4-3-5-7-15/h3-7,12H,2,8-11,13-14H2,1H3,(H,20,24). The Kier molecular flexibility index (Phi) is 6.01. The lowest BCUT2D eigenvalue weighted by Crippen LogP contribution is -2.42. The molecule has 1 aliphatic heterocycles. The van der Waals surface area contributed by atoms with Gasteiger partial charge < -0.3 is 15.0 Å². The lowest BCUT2D eigenvalue weighted by atomic mass is 10.2. The molecule has 3 rings (SSSR count). The zero-order chi connectivity index (χ0) is 18.4. The Bertz CT molecular complexity index is 798. The van der Waals surface area contributed by atoms with E-state index in [-0.39, 0.29) is 18.0 Å². The number of hydrogen-bond acceptors (Lipinski definition) is 5. The summed E-state index contributed by atoms with van der Waals surface area (Å²) in [6.07, 6.45) is 0.674. The second-order valence-electron chi connectivity index (χ2n) is 6.19. The van der Waals surface area contributed by atoms with E-state index >= 15 is 0 Å². The smallest absolute Gasteiger partial charge is 0.255 e. The molecule has 1 aliphatic rings. The van der Waals surface area contributed by atoms with E-state index in [0.29, 0.717) is 45.2 Å². The highest BCUT2D eigenvalue weighted by molar-refractivity contribution is 5.76. The molecule has 26 heavy (non-hydrogen) atoms. The second-order valence-corrected chi connectivity index (χ2v) is 6.19. The van der Waals surface area contributed by atoms with Gasteiger partial charge in [0.2, 0.25) is 11.9 Å². The third-order valence-electron chi connectivity index (χ3n) is 4.33. The van der Waals surface area contributed by atoms with Crippen LogP contribution in [0.4, 0.5) is 5.95 Å². The van der Waals surface area contributed by atoms with Gasteiger partial charge in [-0.15, -0.1) is 0 Å². The number of aromatic nitrogens is 2. The van der Waals surface area contributed by atoms with Gasteiger partial charge >= 0.3 is 0 Å². The number of rotatable bonds is 6. The molecule has 7 heteroatoms. The predicted octanol–water partition coefficient (Wildman–Crippen LogP) is 0.959. The average Bonchev–Trinajstić information content (AvgIpc) is 2.69. The first-order valence-corrected chi connectivity index (χ1v) is 8.91. The van der Waals surface area contributed by atoms with Crippen LogP contribution in [0.5, 0.6) is 0 Å². The molecule has 0 atom stereocenters. The van der Waals surface area contributed by atoms with Crippen LogP contribution in [0.2, 0.25) is 0 Å². The summed E-state index contributed by atoms with van der Waals surface area (Å²) in [4.78, 5) is 31.6. The number of carbonyl (C=O) groups is 1. The van der Waals surface area contributed by atoms with Crippen LogP contribution in [-0.2, 0) is 29.0 Å². The number of benzene rings is 1. The van der Waals surface area contributed by atoms with Crippen LogP contribution in [0, 0.1) is 0 Å². The van der Waals surface area contributed by atoms with Gasteiger partial charge in [0.25, 0.3) is 5.56 Å². The number of amides is 1. The average molecular weight is 356 g/mol.